The van der Waals surface area contributed by atoms with Gasteiger partial charge in [-0.25, -0.2) is 4.79 Å². The molecule has 0 spiro atoms. The zero-order chi connectivity index (χ0) is 18.4. The van der Waals surface area contributed by atoms with E-state index in [1.54, 1.807) is 0 Å². The molecule has 0 radical (unpaired) electrons. The second kappa shape index (κ2) is 8.46. The number of amides is 1. The van der Waals surface area contributed by atoms with Gasteiger partial charge in [-0.1, -0.05) is 12.8 Å². The fourth-order valence-electron chi connectivity index (χ4n) is 3.19. The van der Waals surface area contributed by atoms with Gasteiger partial charge in [0.25, 0.3) is 5.69 Å². The second-order valence-electron chi connectivity index (χ2n) is 6.27. The summed E-state index contributed by atoms with van der Waals surface area (Å²) in [5.41, 5.74) is 0.211. The van der Waals surface area contributed by atoms with E-state index in [9.17, 15) is 24.8 Å². The first-order chi connectivity index (χ1) is 11.9. The number of benzene rings is 1. The maximum Gasteiger partial charge on any atom is 0.326 e. The predicted molar refractivity (Wildman–Crippen MR) is 89.5 cm³/mol. The minimum Gasteiger partial charge on any atom is -0.496 e. The number of aliphatic carboxylic acids is 1. The van der Waals surface area contributed by atoms with E-state index in [1.807, 2.05) is 0 Å². The molecule has 1 aliphatic rings. The molecule has 0 bridgehead atoms. The average molecular weight is 350 g/mol. The number of nitrogens with zero attached hydrogens (tertiary/aromatic N) is 1. The molecule has 1 aliphatic carbocycles. The van der Waals surface area contributed by atoms with Crippen LogP contribution in [0.5, 0.6) is 5.75 Å². The normalized spacial score (nSPS) is 15.6. The molecule has 0 aliphatic heterocycles. The van der Waals surface area contributed by atoms with Crippen molar-refractivity contribution in [2.45, 2.75) is 44.6 Å². The third kappa shape index (κ3) is 5.17. The number of hydrogen-bond donors (Lipinski definition) is 2. The number of rotatable bonds is 8. The number of nitro benzene ring substituents is 1. The molecule has 1 atom stereocenters. The highest BCUT2D eigenvalue weighted by Crippen LogP contribution is 2.28. The second-order valence-corrected chi connectivity index (χ2v) is 6.27. The van der Waals surface area contributed by atoms with Crippen molar-refractivity contribution in [3.63, 3.8) is 0 Å². The molecule has 0 unspecified atom stereocenters. The Morgan fingerprint density at radius 2 is 2.08 bits per heavy atom. The minimum absolute atomic E-state index is 0.0867. The molecule has 2 rings (SSSR count). The molecular formula is C17H22N2O6. The summed E-state index contributed by atoms with van der Waals surface area (Å²) in [6.45, 7) is 0. The summed E-state index contributed by atoms with van der Waals surface area (Å²) in [5.74, 6) is -0.833. The number of nitro groups is 1. The Morgan fingerprint density at radius 1 is 1.40 bits per heavy atom. The Labute approximate surface area is 145 Å². The lowest BCUT2D eigenvalue weighted by atomic mass is 10.0. The molecule has 1 amide bonds. The maximum atomic E-state index is 12.1. The standard InChI is InChI=1S/C17H22N2O6/c1-25-15-7-6-13(19(23)24)9-12(15)10-14(17(21)22)18-16(20)8-11-4-2-3-5-11/h6-7,9,11,14H,2-5,8,10H2,1H3,(H,18,20)(H,21,22)/t14-/m1/s1. The van der Waals surface area contributed by atoms with Crippen LogP contribution in [-0.2, 0) is 16.0 Å². The van der Waals surface area contributed by atoms with Gasteiger partial charge in [-0.15, -0.1) is 0 Å². The van der Waals surface area contributed by atoms with Gasteiger partial charge in [0, 0.05) is 30.5 Å². The van der Waals surface area contributed by atoms with Crippen LogP contribution in [0.25, 0.3) is 0 Å². The maximum absolute atomic E-state index is 12.1. The summed E-state index contributed by atoms with van der Waals surface area (Å²) in [6.07, 6.45) is 4.41. The van der Waals surface area contributed by atoms with Crippen LogP contribution in [0.1, 0.15) is 37.7 Å². The summed E-state index contributed by atoms with van der Waals surface area (Å²) < 4.78 is 5.15. The molecule has 1 aromatic rings. The lowest BCUT2D eigenvalue weighted by Gasteiger charge is -2.17. The molecule has 0 heterocycles. The molecule has 8 heteroatoms. The van der Waals surface area contributed by atoms with Crippen LogP contribution in [0.4, 0.5) is 5.69 Å². The van der Waals surface area contributed by atoms with Crippen LogP contribution in [0, 0.1) is 16.0 Å². The van der Waals surface area contributed by atoms with E-state index >= 15 is 0 Å². The van der Waals surface area contributed by atoms with Gasteiger partial charge in [-0.3, -0.25) is 14.9 Å². The fraction of sp³-hybridized carbons (Fsp3) is 0.529. The summed E-state index contributed by atoms with van der Waals surface area (Å²) in [4.78, 5) is 34.0. The Kier molecular flexibility index (Phi) is 6.32. The van der Waals surface area contributed by atoms with Crippen molar-refractivity contribution in [3.8, 4) is 5.75 Å². The van der Waals surface area contributed by atoms with Crippen LogP contribution in [-0.4, -0.2) is 35.1 Å². The quantitative estimate of drug-likeness (QED) is 0.548. The zero-order valence-corrected chi connectivity index (χ0v) is 14.1. The van der Waals surface area contributed by atoms with Crippen molar-refractivity contribution in [2.75, 3.05) is 7.11 Å². The van der Waals surface area contributed by atoms with E-state index in [0.717, 1.165) is 25.7 Å². The van der Waals surface area contributed by atoms with Gasteiger partial charge in [0.1, 0.15) is 11.8 Å². The molecule has 2 N–H and O–H groups in total. The first-order valence-corrected chi connectivity index (χ1v) is 8.24. The number of carboxylic acids is 1. The molecule has 0 aromatic heterocycles. The number of carboxylic acid groups (broad SMARTS) is 1. The van der Waals surface area contributed by atoms with E-state index in [-0.39, 0.29) is 18.0 Å². The molecular weight excluding hydrogens is 328 g/mol. The van der Waals surface area contributed by atoms with Gasteiger partial charge < -0.3 is 15.2 Å². The van der Waals surface area contributed by atoms with Crippen molar-refractivity contribution in [2.24, 2.45) is 5.92 Å². The van der Waals surface area contributed by atoms with Crippen LogP contribution in [0.3, 0.4) is 0 Å². The van der Waals surface area contributed by atoms with Gasteiger partial charge in [-0.05, 0) is 24.8 Å². The van der Waals surface area contributed by atoms with Gasteiger partial charge >= 0.3 is 5.97 Å². The zero-order valence-electron chi connectivity index (χ0n) is 14.1. The summed E-state index contributed by atoms with van der Waals surface area (Å²) in [5, 5.41) is 22.8. The first-order valence-electron chi connectivity index (χ1n) is 8.24. The Balaban J connectivity index is 2.10. The highest BCUT2D eigenvalue weighted by Gasteiger charge is 2.25. The van der Waals surface area contributed by atoms with Crippen molar-refractivity contribution in [1.29, 1.82) is 0 Å². The van der Waals surface area contributed by atoms with Gasteiger partial charge in [0.05, 0.1) is 12.0 Å². The van der Waals surface area contributed by atoms with E-state index in [1.165, 1.54) is 25.3 Å². The van der Waals surface area contributed by atoms with Gasteiger partial charge in [0.15, 0.2) is 0 Å². The van der Waals surface area contributed by atoms with Gasteiger partial charge in [0.2, 0.25) is 5.91 Å². The summed E-state index contributed by atoms with van der Waals surface area (Å²) in [6, 6.07) is 2.83. The van der Waals surface area contributed by atoms with Crippen LogP contribution >= 0.6 is 0 Å². The van der Waals surface area contributed by atoms with E-state index < -0.39 is 16.9 Å². The van der Waals surface area contributed by atoms with Crippen LogP contribution < -0.4 is 10.1 Å². The SMILES string of the molecule is COc1ccc([N+](=O)[O-])cc1C[C@@H](NC(=O)CC1CCCC1)C(=O)O. The smallest absolute Gasteiger partial charge is 0.326 e. The lowest BCUT2D eigenvalue weighted by Crippen LogP contribution is -2.42. The largest absolute Gasteiger partial charge is 0.496 e. The molecule has 1 aromatic carbocycles. The van der Waals surface area contributed by atoms with Gasteiger partial charge in [-0.2, -0.15) is 0 Å². The first kappa shape index (κ1) is 18.7. The summed E-state index contributed by atoms with van der Waals surface area (Å²) >= 11 is 0. The van der Waals surface area contributed by atoms with Crippen molar-refractivity contribution in [3.05, 3.63) is 33.9 Å². The molecule has 8 nitrogen and oxygen atoms in total. The third-order valence-corrected chi connectivity index (χ3v) is 4.48. The topological polar surface area (TPSA) is 119 Å². The van der Waals surface area contributed by atoms with Crippen LogP contribution in [0.2, 0.25) is 0 Å². The van der Waals surface area contributed by atoms with E-state index in [2.05, 4.69) is 5.32 Å². The lowest BCUT2D eigenvalue weighted by molar-refractivity contribution is -0.384. The third-order valence-electron chi connectivity index (χ3n) is 4.48. The Morgan fingerprint density at radius 3 is 2.64 bits per heavy atom. The number of methoxy groups -OCH3 is 1. The minimum atomic E-state index is -1.19. The Bertz CT molecular complexity index is 655. The summed E-state index contributed by atoms with van der Waals surface area (Å²) in [7, 11) is 1.40. The van der Waals surface area contributed by atoms with Crippen molar-refractivity contribution in [1.82, 2.24) is 5.32 Å². The predicted octanol–water partition coefficient (Wildman–Crippen LogP) is 2.30. The van der Waals surface area contributed by atoms with Crippen LogP contribution in [0.15, 0.2) is 18.2 Å². The average Bonchev–Trinajstić information content (AvgIpc) is 3.06. The fourth-order valence-corrected chi connectivity index (χ4v) is 3.19. The highest BCUT2D eigenvalue weighted by atomic mass is 16.6. The Hall–Kier alpha value is -2.64. The van der Waals surface area contributed by atoms with Crippen molar-refractivity contribution >= 4 is 17.6 Å². The molecule has 1 saturated carbocycles. The molecule has 25 heavy (non-hydrogen) atoms. The van der Waals surface area contributed by atoms with Crippen molar-refractivity contribution < 1.29 is 24.4 Å². The number of carbonyl (C=O) groups excluding carboxylic acids is 1. The number of nitrogens with one attached hydrogen (secondary N) is 1. The monoisotopic (exact) mass is 350 g/mol. The molecule has 136 valence electrons. The number of hydrogen-bond acceptors (Lipinski definition) is 5. The molecule has 1 fully saturated rings. The number of non-ortho nitro benzene ring substituents is 1. The molecule has 0 saturated heterocycles. The number of carbonyl (C=O) groups is 2. The van der Waals surface area contributed by atoms with E-state index in [4.69, 9.17) is 4.74 Å². The highest BCUT2D eigenvalue weighted by molar-refractivity contribution is 5.84. The van der Waals surface area contributed by atoms with E-state index in [0.29, 0.717) is 23.7 Å². The number of ether oxygens (including phenoxy) is 1.